The Morgan fingerprint density at radius 2 is 1.24 bits per heavy atom. The van der Waals surface area contributed by atoms with E-state index in [1.54, 1.807) is 0 Å². The standard InChI is InChI=1S/C14H26O3/c1-3-5-6-7-8-9-10-12-14(16)17-13(15)11-4-2/h3-12H2,1-2H3. The van der Waals surface area contributed by atoms with E-state index in [-0.39, 0.29) is 11.9 Å². The van der Waals surface area contributed by atoms with Gasteiger partial charge in [-0.15, -0.1) is 0 Å². The first-order valence-corrected chi connectivity index (χ1v) is 6.94. The van der Waals surface area contributed by atoms with Crippen molar-refractivity contribution in [2.24, 2.45) is 0 Å². The monoisotopic (exact) mass is 242 g/mol. The Morgan fingerprint density at radius 3 is 1.82 bits per heavy atom. The lowest BCUT2D eigenvalue weighted by Gasteiger charge is -2.02. The van der Waals surface area contributed by atoms with Crippen LogP contribution in [-0.2, 0) is 14.3 Å². The Morgan fingerprint density at radius 1 is 0.706 bits per heavy atom. The largest absolute Gasteiger partial charge is 0.393 e. The zero-order valence-corrected chi connectivity index (χ0v) is 11.3. The van der Waals surface area contributed by atoms with Crippen LogP contribution in [-0.4, -0.2) is 11.9 Å². The fourth-order valence-corrected chi connectivity index (χ4v) is 1.66. The number of unbranched alkanes of at least 4 members (excludes halogenated alkanes) is 6. The lowest BCUT2D eigenvalue weighted by atomic mass is 10.1. The molecule has 0 unspecified atom stereocenters. The van der Waals surface area contributed by atoms with Gasteiger partial charge in [0, 0.05) is 12.8 Å². The van der Waals surface area contributed by atoms with E-state index in [1.807, 2.05) is 6.92 Å². The predicted molar refractivity (Wildman–Crippen MR) is 68.6 cm³/mol. The SMILES string of the molecule is CCCCCCCCCC(=O)OC(=O)CCC. The van der Waals surface area contributed by atoms with Gasteiger partial charge in [-0.05, 0) is 12.8 Å². The zero-order valence-electron chi connectivity index (χ0n) is 11.3. The van der Waals surface area contributed by atoms with E-state index in [0.717, 1.165) is 19.3 Å². The van der Waals surface area contributed by atoms with Crippen molar-refractivity contribution < 1.29 is 14.3 Å². The maximum absolute atomic E-state index is 11.2. The molecule has 0 aromatic heterocycles. The molecular weight excluding hydrogens is 216 g/mol. The summed E-state index contributed by atoms with van der Waals surface area (Å²) in [6.07, 6.45) is 9.60. The molecule has 0 bridgehead atoms. The zero-order chi connectivity index (χ0) is 12.9. The van der Waals surface area contributed by atoms with Gasteiger partial charge in [0.1, 0.15) is 0 Å². The fraction of sp³-hybridized carbons (Fsp3) is 0.857. The van der Waals surface area contributed by atoms with Crippen LogP contribution in [0.15, 0.2) is 0 Å². The van der Waals surface area contributed by atoms with E-state index < -0.39 is 0 Å². The second-order valence-corrected chi connectivity index (χ2v) is 4.47. The molecule has 0 N–H and O–H groups in total. The number of carbonyl (C=O) groups excluding carboxylic acids is 2. The Bertz CT molecular complexity index is 212. The topological polar surface area (TPSA) is 43.4 Å². The van der Waals surface area contributed by atoms with Gasteiger partial charge < -0.3 is 4.74 Å². The average Bonchev–Trinajstić information content (AvgIpc) is 2.28. The van der Waals surface area contributed by atoms with Crippen LogP contribution < -0.4 is 0 Å². The molecule has 0 atom stereocenters. The molecule has 100 valence electrons. The van der Waals surface area contributed by atoms with Crippen LogP contribution in [0.25, 0.3) is 0 Å². The first-order valence-electron chi connectivity index (χ1n) is 6.94. The van der Waals surface area contributed by atoms with E-state index >= 15 is 0 Å². The summed E-state index contributed by atoms with van der Waals surface area (Å²) < 4.78 is 4.66. The molecule has 0 saturated carbocycles. The van der Waals surface area contributed by atoms with Crippen molar-refractivity contribution in [3.63, 3.8) is 0 Å². The van der Waals surface area contributed by atoms with Crippen molar-refractivity contribution in [1.29, 1.82) is 0 Å². The van der Waals surface area contributed by atoms with E-state index in [9.17, 15) is 9.59 Å². The molecule has 3 nitrogen and oxygen atoms in total. The van der Waals surface area contributed by atoms with E-state index in [1.165, 1.54) is 32.1 Å². The minimum atomic E-state index is -0.388. The Labute approximate surface area is 105 Å². The quantitative estimate of drug-likeness (QED) is 0.330. The summed E-state index contributed by atoms with van der Waals surface area (Å²) in [5.74, 6) is -0.752. The van der Waals surface area contributed by atoms with Gasteiger partial charge in [-0.2, -0.15) is 0 Å². The molecule has 0 aromatic carbocycles. The summed E-state index contributed by atoms with van der Waals surface area (Å²) in [4.78, 5) is 22.2. The highest BCUT2D eigenvalue weighted by atomic mass is 16.6. The van der Waals surface area contributed by atoms with Crippen LogP contribution in [0.3, 0.4) is 0 Å². The molecular formula is C14H26O3. The van der Waals surface area contributed by atoms with Crippen molar-refractivity contribution in [1.82, 2.24) is 0 Å². The summed E-state index contributed by atoms with van der Waals surface area (Å²) >= 11 is 0. The number of ether oxygens (including phenoxy) is 1. The summed E-state index contributed by atoms with van der Waals surface area (Å²) in [7, 11) is 0. The van der Waals surface area contributed by atoms with Crippen LogP contribution in [0.2, 0.25) is 0 Å². The Kier molecular flexibility index (Phi) is 11.0. The first-order chi connectivity index (χ1) is 8.20. The van der Waals surface area contributed by atoms with Gasteiger partial charge >= 0.3 is 11.9 Å². The molecule has 0 rings (SSSR count). The van der Waals surface area contributed by atoms with Crippen LogP contribution in [0.1, 0.15) is 78.1 Å². The van der Waals surface area contributed by atoms with Gasteiger partial charge in [0.25, 0.3) is 0 Å². The van der Waals surface area contributed by atoms with Gasteiger partial charge in [-0.25, -0.2) is 0 Å². The maximum atomic E-state index is 11.2. The molecule has 0 aliphatic rings. The van der Waals surface area contributed by atoms with E-state index in [0.29, 0.717) is 12.8 Å². The lowest BCUT2D eigenvalue weighted by Crippen LogP contribution is -2.11. The van der Waals surface area contributed by atoms with Crippen LogP contribution in [0.5, 0.6) is 0 Å². The van der Waals surface area contributed by atoms with Crippen LogP contribution >= 0.6 is 0 Å². The molecule has 0 spiro atoms. The highest BCUT2D eigenvalue weighted by Gasteiger charge is 2.08. The minimum Gasteiger partial charge on any atom is -0.393 e. The first kappa shape index (κ1) is 16.1. The lowest BCUT2D eigenvalue weighted by molar-refractivity contribution is -0.159. The number of esters is 2. The molecule has 0 aliphatic carbocycles. The Balaban J connectivity index is 3.30. The number of hydrogen-bond acceptors (Lipinski definition) is 3. The van der Waals surface area contributed by atoms with Crippen LogP contribution in [0.4, 0.5) is 0 Å². The fourth-order valence-electron chi connectivity index (χ4n) is 1.66. The number of rotatable bonds is 10. The summed E-state index contributed by atoms with van der Waals surface area (Å²) in [5.41, 5.74) is 0. The molecule has 17 heavy (non-hydrogen) atoms. The highest BCUT2D eigenvalue weighted by Crippen LogP contribution is 2.09. The third kappa shape index (κ3) is 11.4. The molecule has 0 radical (unpaired) electrons. The molecule has 0 aromatic rings. The third-order valence-corrected chi connectivity index (χ3v) is 2.67. The van der Waals surface area contributed by atoms with Crippen molar-refractivity contribution in [3.8, 4) is 0 Å². The minimum absolute atomic E-state index is 0.336. The molecule has 0 saturated heterocycles. The highest BCUT2D eigenvalue weighted by molar-refractivity contribution is 5.85. The van der Waals surface area contributed by atoms with Crippen LogP contribution in [0, 0.1) is 0 Å². The van der Waals surface area contributed by atoms with Gasteiger partial charge in [0.05, 0.1) is 0 Å². The predicted octanol–water partition coefficient (Wildman–Crippen LogP) is 4.00. The normalized spacial score (nSPS) is 10.2. The molecule has 3 heteroatoms. The molecule has 0 heterocycles. The molecule has 0 aliphatic heterocycles. The second kappa shape index (κ2) is 11.6. The second-order valence-electron chi connectivity index (χ2n) is 4.47. The van der Waals surface area contributed by atoms with Crippen molar-refractivity contribution in [3.05, 3.63) is 0 Å². The van der Waals surface area contributed by atoms with Crippen molar-refractivity contribution >= 4 is 11.9 Å². The summed E-state index contributed by atoms with van der Waals surface area (Å²) in [6.45, 7) is 4.09. The average molecular weight is 242 g/mol. The van der Waals surface area contributed by atoms with Gasteiger partial charge in [-0.1, -0.05) is 52.4 Å². The molecule has 0 fully saturated rings. The smallest absolute Gasteiger partial charge is 0.313 e. The number of carbonyl (C=O) groups is 2. The number of hydrogen-bond donors (Lipinski definition) is 0. The van der Waals surface area contributed by atoms with E-state index in [2.05, 4.69) is 11.7 Å². The maximum Gasteiger partial charge on any atom is 0.313 e. The third-order valence-electron chi connectivity index (χ3n) is 2.67. The van der Waals surface area contributed by atoms with Gasteiger partial charge in [0.2, 0.25) is 0 Å². The van der Waals surface area contributed by atoms with Crippen molar-refractivity contribution in [2.45, 2.75) is 78.1 Å². The van der Waals surface area contributed by atoms with Crippen molar-refractivity contribution in [2.75, 3.05) is 0 Å². The summed E-state index contributed by atoms with van der Waals surface area (Å²) in [6, 6.07) is 0. The molecule has 0 amide bonds. The van der Waals surface area contributed by atoms with E-state index in [4.69, 9.17) is 0 Å². The Hall–Kier alpha value is -0.860. The van der Waals surface area contributed by atoms with Gasteiger partial charge in [0.15, 0.2) is 0 Å². The van der Waals surface area contributed by atoms with Gasteiger partial charge in [-0.3, -0.25) is 9.59 Å². The summed E-state index contributed by atoms with van der Waals surface area (Å²) in [5, 5.41) is 0.